The Kier molecular flexibility index (Phi) is 6.10. The number of carbonyl (C=O) groups excluding carboxylic acids is 2. The second-order valence-electron chi connectivity index (χ2n) is 9.50. The molecule has 0 bridgehead atoms. The van der Waals surface area contributed by atoms with Crippen LogP contribution < -0.4 is 10.2 Å². The molecule has 3 aliphatic rings. The van der Waals surface area contributed by atoms with E-state index in [1.807, 2.05) is 4.90 Å². The van der Waals surface area contributed by atoms with Crippen LogP contribution in [0.1, 0.15) is 25.5 Å². The summed E-state index contributed by atoms with van der Waals surface area (Å²) in [6.45, 7) is 3.63. The lowest BCUT2D eigenvalue weighted by Crippen LogP contribution is -2.47. The first-order valence-corrected chi connectivity index (χ1v) is 11.7. The minimum atomic E-state index is -1.62. The van der Waals surface area contributed by atoms with Crippen LogP contribution in [0, 0.1) is 23.4 Å². The quantitative estimate of drug-likeness (QED) is 0.616. The fraction of sp³-hybridized carbons (Fsp3) is 0.478. The van der Waals surface area contributed by atoms with Crippen LogP contribution in [0.15, 0.2) is 18.3 Å². The molecule has 2 N–H and O–H groups in total. The molecule has 2 unspecified atom stereocenters. The summed E-state index contributed by atoms with van der Waals surface area (Å²) in [7, 11) is 0. The number of urea groups is 1. The molecule has 10 nitrogen and oxygen atoms in total. The zero-order valence-corrected chi connectivity index (χ0v) is 19.5. The van der Waals surface area contributed by atoms with Crippen molar-refractivity contribution in [2.45, 2.75) is 44.9 Å². The van der Waals surface area contributed by atoms with Gasteiger partial charge in [-0.3, -0.25) is 19.2 Å². The van der Waals surface area contributed by atoms with E-state index in [1.165, 1.54) is 4.90 Å². The van der Waals surface area contributed by atoms with Gasteiger partial charge in [0.05, 0.1) is 42.6 Å². The lowest BCUT2D eigenvalue weighted by molar-refractivity contribution is -0.141. The standard InChI is InChI=1S/C23H25F3N6O4/c1-12-8-32-19(11-30(12)23(36)28-14-4-16(24)21(26)17(25)5-14)18(7-27-32)31-10-15(6-20(31)33)29-3-2-13(9-29)22(34)35/h4-5,7,12-13,15H,2-3,6,8-11H2,1H3,(H,28,36)(H,34,35)/t12-,13?,15?/m0/s1. The van der Waals surface area contributed by atoms with Gasteiger partial charge in [0.2, 0.25) is 5.91 Å². The molecule has 2 fully saturated rings. The molecule has 3 aliphatic heterocycles. The second-order valence-corrected chi connectivity index (χ2v) is 9.50. The molecule has 0 saturated carbocycles. The number of nitrogens with zero attached hydrogens (tertiary/aromatic N) is 5. The van der Waals surface area contributed by atoms with Gasteiger partial charge in [-0.25, -0.2) is 18.0 Å². The largest absolute Gasteiger partial charge is 0.481 e. The van der Waals surface area contributed by atoms with Crippen molar-refractivity contribution in [1.82, 2.24) is 19.6 Å². The summed E-state index contributed by atoms with van der Waals surface area (Å²) in [4.78, 5) is 42.3. The van der Waals surface area contributed by atoms with Crippen LogP contribution in [0.5, 0.6) is 0 Å². The van der Waals surface area contributed by atoms with Gasteiger partial charge in [-0.05, 0) is 19.9 Å². The minimum absolute atomic E-state index is 0.0910. The number of aliphatic carboxylic acids is 1. The van der Waals surface area contributed by atoms with E-state index in [9.17, 15) is 32.7 Å². The topological polar surface area (TPSA) is 111 Å². The number of carbonyl (C=O) groups is 3. The Morgan fingerprint density at radius 3 is 2.53 bits per heavy atom. The molecule has 2 saturated heterocycles. The molecule has 2 aromatic rings. The molecule has 36 heavy (non-hydrogen) atoms. The summed E-state index contributed by atoms with van der Waals surface area (Å²) in [5.41, 5.74) is 0.990. The average molecular weight is 506 g/mol. The van der Waals surface area contributed by atoms with E-state index in [-0.39, 0.29) is 36.6 Å². The molecule has 0 spiro atoms. The molecule has 3 atom stereocenters. The maximum Gasteiger partial charge on any atom is 0.322 e. The first kappa shape index (κ1) is 24.1. The second kappa shape index (κ2) is 9.12. The van der Waals surface area contributed by atoms with Gasteiger partial charge in [-0.2, -0.15) is 5.10 Å². The highest BCUT2D eigenvalue weighted by Gasteiger charge is 2.41. The van der Waals surface area contributed by atoms with Crippen LogP contribution in [0.4, 0.5) is 29.3 Å². The Morgan fingerprint density at radius 1 is 1.14 bits per heavy atom. The van der Waals surface area contributed by atoms with Gasteiger partial charge in [0.25, 0.3) is 0 Å². The van der Waals surface area contributed by atoms with Gasteiger partial charge >= 0.3 is 12.0 Å². The molecule has 1 aromatic heterocycles. The number of rotatable bonds is 4. The predicted molar refractivity (Wildman–Crippen MR) is 121 cm³/mol. The minimum Gasteiger partial charge on any atom is -0.481 e. The molecule has 0 radical (unpaired) electrons. The number of carboxylic acids is 1. The zero-order chi connectivity index (χ0) is 25.7. The number of nitrogens with one attached hydrogen (secondary N) is 1. The van der Waals surface area contributed by atoms with Crippen molar-refractivity contribution in [3.8, 4) is 0 Å². The van der Waals surface area contributed by atoms with Gasteiger partial charge < -0.3 is 20.2 Å². The van der Waals surface area contributed by atoms with Crippen LogP contribution >= 0.6 is 0 Å². The summed E-state index contributed by atoms with van der Waals surface area (Å²) in [6.07, 6.45) is 2.39. The van der Waals surface area contributed by atoms with E-state index in [4.69, 9.17) is 0 Å². The van der Waals surface area contributed by atoms with Crippen molar-refractivity contribution in [3.63, 3.8) is 0 Å². The molecule has 192 valence electrons. The third-order valence-corrected chi connectivity index (χ3v) is 7.19. The number of carboxylic acid groups (broad SMARTS) is 1. The molecule has 4 heterocycles. The summed E-state index contributed by atoms with van der Waals surface area (Å²) in [5.74, 6) is -5.81. The molecular formula is C23H25F3N6O4. The Hall–Kier alpha value is -3.61. The van der Waals surface area contributed by atoms with Crippen LogP contribution in [-0.2, 0) is 22.7 Å². The molecule has 5 rings (SSSR count). The van der Waals surface area contributed by atoms with E-state index >= 15 is 0 Å². The maximum atomic E-state index is 13.6. The highest BCUT2D eigenvalue weighted by molar-refractivity contribution is 5.97. The third kappa shape index (κ3) is 4.27. The van der Waals surface area contributed by atoms with Crippen molar-refractivity contribution in [2.75, 3.05) is 29.9 Å². The lowest BCUT2D eigenvalue weighted by atomic mass is 10.1. The average Bonchev–Trinajstić information content (AvgIpc) is 3.54. The summed E-state index contributed by atoms with van der Waals surface area (Å²) in [5, 5.41) is 16.1. The normalized spacial score (nSPS) is 24.3. The highest BCUT2D eigenvalue weighted by atomic mass is 19.2. The first-order chi connectivity index (χ1) is 17.1. The van der Waals surface area contributed by atoms with Crippen LogP contribution in [0.2, 0.25) is 0 Å². The van der Waals surface area contributed by atoms with Crippen LogP contribution in [0.25, 0.3) is 0 Å². The van der Waals surface area contributed by atoms with Gasteiger partial charge in [-0.15, -0.1) is 0 Å². The monoisotopic (exact) mass is 506 g/mol. The summed E-state index contributed by atoms with van der Waals surface area (Å²) < 4.78 is 42.1. The van der Waals surface area contributed by atoms with E-state index in [0.29, 0.717) is 56.1 Å². The first-order valence-electron chi connectivity index (χ1n) is 11.7. The number of aromatic nitrogens is 2. The van der Waals surface area contributed by atoms with Crippen molar-refractivity contribution in [2.24, 2.45) is 5.92 Å². The van der Waals surface area contributed by atoms with Gasteiger partial charge in [-0.1, -0.05) is 0 Å². The van der Waals surface area contributed by atoms with Crippen LogP contribution in [0.3, 0.4) is 0 Å². The number of benzene rings is 1. The predicted octanol–water partition coefficient (Wildman–Crippen LogP) is 2.25. The van der Waals surface area contributed by atoms with Crippen molar-refractivity contribution in [1.29, 1.82) is 0 Å². The number of amides is 3. The number of likely N-dealkylation sites (tertiary alicyclic amines) is 1. The van der Waals surface area contributed by atoms with E-state index in [2.05, 4.69) is 10.4 Å². The number of hydrogen-bond donors (Lipinski definition) is 2. The fourth-order valence-corrected chi connectivity index (χ4v) is 5.19. The van der Waals surface area contributed by atoms with Crippen molar-refractivity contribution < 1.29 is 32.7 Å². The Bertz CT molecular complexity index is 1210. The van der Waals surface area contributed by atoms with Gasteiger partial charge in [0.1, 0.15) is 0 Å². The zero-order valence-electron chi connectivity index (χ0n) is 19.5. The number of fused-ring (bicyclic) bond motifs is 1. The van der Waals surface area contributed by atoms with Gasteiger partial charge in [0.15, 0.2) is 17.5 Å². The van der Waals surface area contributed by atoms with Gasteiger partial charge in [0, 0.05) is 43.4 Å². The van der Waals surface area contributed by atoms with E-state index in [1.54, 1.807) is 22.7 Å². The highest BCUT2D eigenvalue weighted by Crippen LogP contribution is 2.33. The number of hydrogen-bond acceptors (Lipinski definition) is 5. The maximum absolute atomic E-state index is 13.6. The fourth-order valence-electron chi connectivity index (χ4n) is 5.19. The summed E-state index contributed by atoms with van der Waals surface area (Å²) in [6, 6.07) is 0.352. The van der Waals surface area contributed by atoms with Crippen molar-refractivity contribution in [3.05, 3.63) is 41.5 Å². The smallest absolute Gasteiger partial charge is 0.322 e. The molecule has 3 amide bonds. The SMILES string of the molecule is C[C@H]1Cn2ncc(N3CC(N4CCC(C(=O)O)C4)CC3=O)c2CN1C(=O)Nc1cc(F)c(F)c(F)c1. The molecule has 0 aliphatic carbocycles. The van der Waals surface area contributed by atoms with E-state index in [0.717, 1.165) is 0 Å². The Labute approximate surface area is 204 Å². The Morgan fingerprint density at radius 2 is 1.86 bits per heavy atom. The number of halogens is 3. The molecular weight excluding hydrogens is 481 g/mol. The Balaban J connectivity index is 1.31. The van der Waals surface area contributed by atoms with E-state index < -0.39 is 35.4 Å². The number of anilines is 2. The lowest BCUT2D eigenvalue weighted by Gasteiger charge is -2.35. The summed E-state index contributed by atoms with van der Waals surface area (Å²) >= 11 is 0. The van der Waals surface area contributed by atoms with Crippen LogP contribution in [-0.4, -0.2) is 74.3 Å². The third-order valence-electron chi connectivity index (χ3n) is 7.19. The van der Waals surface area contributed by atoms with Crippen molar-refractivity contribution >= 4 is 29.3 Å². The molecule has 13 heteroatoms. The molecule has 1 aromatic carbocycles.